The number of hydrogen-bond donors (Lipinski definition) is 1. The Morgan fingerprint density at radius 3 is 1.62 bits per heavy atom. The van der Waals surface area contributed by atoms with Crippen LogP contribution in [0.25, 0.3) is 0 Å². The first-order valence-corrected chi connectivity index (χ1v) is 2.87. The molecule has 0 aliphatic rings. The van der Waals surface area contributed by atoms with Gasteiger partial charge in [-0.2, -0.15) is 0 Å². The summed E-state index contributed by atoms with van der Waals surface area (Å²) in [5, 5.41) is 0. The van der Waals surface area contributed by atoms with Crippen molar-refractivity contribution in [2.75, 3.05) is 0 Å². The van der Waals surface area contributed by atoms with E-state index in [1.54, 1.807) is 13.8 Å². The van der Waals surface area contributed by atoms with Gasteiger partial charge >= 0.3 is 0 Å². The molecular weight excluding hydrogens is 120 g/mol. The van der Waals surface area contributed by atoms with E-state index in [9.17, 15) is 4.79 Å². The van der Waals surface area contributed by atoms with Crippen LogP contribution in [0.1, 0.15) is 20.8 Å². The topological polar surface area (TPSA) is 17.1 Å². The maximum Gasteiger partial charge on any atom is 0.156 e. The van der Waals surface area contributed by atoms with Gasteiger partial charge < -0.3 is 0 Å². The summed E-state index contributed by atoms with van der Waals surface area (Å²) in [6, 6.07) is 0. The molecule has 0 N–H and O–H groups in total. The Bertz CT molecular complexity index is 131. The van der Waals surface area contributed by atoms with Crippen molar-refractivity contribution in [2.45, 2.75) is 20.8 Å². The minimum atomic E-state index is 0.0949. The van der Waals surface area contributed by atoms with Gasteiger partial charge in [0.2, 0.25) is 0 Å². The van der Waals surface area contributed by atoms with Crippen molar-refractivity contribution >= 4 is 18.4 Å². The molecule has 0 fully saturated rings. The summed E-state index contributed by atoms with van der Waals surface area (Å²) < 4.78 is 0. The molecule has 0 radical (unpaired) electrons. The molecule has 0 saturated heterocycles. The second kappa shape index (κ2) is 2.92. The van der Waals surface area contributed by atoms with Gasteiger partial charge in [-0.15, -0.1) is 12.6 Å². The molecule has 8 heavy (non-hydrogen) atoms. The highest BCUT2D eigenvalue weighted by molar-refractivity contribution is 7.84. The maximum atomic E-state index is 10.5. The molecular formula is C6H10OS. The third-order valence-corrected chi connectivity index (χ3v) is 1.41. The molecule has 0 amide bonds. The first-order chi connectivity index (χ1) is 3.55. The fourth-order valence-corrected chi connectivity index (χ4v) is 0.412. The SMILES string of the molecule is CC(=O)C(C)=C(C)S. The van der Waals surface area contributed by atoms with Crippen molar-refractivity contribution in [2.24, 2.45) is 0 Å². The van der Waals surface area contributed by atoms with E-state index in [4.69, 9.17) is 0 Å². The first kappa shape index (κ1) is 7.76. The van der Waals surface area contributed by atoms with Gasteiger partial charge in [-0.05, 0) is 25.7 Å². The van der Waals surface area contributed by atoms with Crippen LogP contribution in [0.15, 0.2) is 10.5 Å². The summed E-state index contributed by atoms with van der Waals surface area (Å²) in [5.41, 5.74) is 0.744. The number of allylic oxidation sites excluding steroid dienone is 2. The highest BCUT2D eigenvalue weighted by Gasteiger charge is 1.96. The van der Waals surface area contributed by atoms with Crippen LogP contribution < -0.4 is 0 Å². The normalized spacial score (nSPS) is 13.0. The summed E-state index contributed by atoms with van der Waals surface area (Å²) in [5.74, 6) is 0.0949. The van der Waals surface area contributed by atoms with Crippen LogP contribution in [0.5, 0.6) is 0 Å². The predicted molar refractivity (Wildman–Crippen MR) is 38.0 cm³/mol. The van der Waals surface area contributed by atoms with Crippen LogP contribution in [-0.4, -0.2) is 5.78 Å². The molecule has 0 saturated carbocycles. The molecule has 0 rings (SSSR count). The number of carbonyl (C=O) groups is 1. The van der Waals surface area contributed by atoms with E-state index >= 15 is 0 Å². The average Bonchev–Trinajstić information content (AvgIpc) is 1.64. The minimum Gasteiger partial charge on any atom is -0.295 e. The Morgan fingerprint density at radius 2 is 1.62 bits per heavy atom. The zero-order valence-corrected chi connectivity index (χ0v) is 6.25. The number of carbonyl (C=O) groups excluding carboxylic acids is 1. The van der Waals surface area contributed by atoms with E-state index in [2.05, 4.69) is 12.6 Å². The van der Waals surface area contributed by atoms with Gasteiger partial charge in [0.25, 0.3) is 0 Å². The maximum absolute atomic E-state index is 10.5. The number of thiol groups is 1. The van der Waals surface area contributed by atoms with Crippen LogP contribution in [0.4, 0.5) is 0 Å². The molecule has 0 aromatic carbocycles. The summed E-state index contributed by atoms with van der Waals surface area (Å²) in [7, 11) is 0. The highest BCUT2D eigenvalue weighted by Crippen LogP contribution is 2.06. The lowest BCUT2D eigenvalue weighted by Crippen LogP contribution is -1.91. The van der Waals surface area contributed by atoms with E-state index in [-0.39, 0.29) is 5.78 Å². The molecule has 0 spiro atoms. The fourth-order valence-electron chi connectivity index (χ4n) is 0.255. The molecule has 0 aromatic heterocycles. The smallest absolute Gasteiger partial charge is 0.156 e. The molecule has 2 heteroatoms. The van der Waals surface area contributed by atoms with Crippen molar-refractivity contribution in [1.82, 2.24) is 0 Å². The van der Waals surface area contributed by atoms with Crippen LogP contribution in [-0.2, 0) is 4.79 Å². The summed E-state index contributed by atoms with van der Waals surface area (Å²) >= 11 is 3.99. The molecule has 0 unspecified atom stereocenters. The minimum absolute atomic E-state index is 0.0949. The molecule has 0 atom stereocenters. The molecule has 0 aliphatic carbocycles. The molecule has 46 valence electrons. The lowest BCUT2D eigenvalue weighted by Gasteiger charge is -1.93. The zero-order valence-electron chi connectivity index (χ0n) is 5.36. The van der Waals surface area contributed by atoms with Crippen LogP contribution >= 0.6 is 12.6 Å². The molecule has 1 nitrogen and oxygen atoms in total. The van der Waals surface area contributed by atoms with Crippen molar-refractivity contribution in [1.29, 1.82) is 0 Å². The Morgan fingerprint density at radius 1 is 1.25 bits per heavy atom. The summed E-state index contributed by atoms with van der Waals surface area (Å²) in [6.45, 7) is 5.11. The predicted octanol–water partition coefficient (Wildman–Crippen LogP) is 1.80. The van der Waals surface area contributed by atoms with Gasteiger partial charge in [0, 0.05) is 5.57 Å². The van der Waals surface area contributed by atoms with Gasteiger partial charge in [-0.3, -0.25) is 4.79 Å². The Kier molecular flexibility index (Phi) is 2.84. The molecule has 0 heterocycles. The molecule has 0 bridgehead atoms. The van der Waals surface area contributed by atoms with Crippen molar-refractivity contribution in [3.8, 4) is 0 Å². The lowest BCUT2D eigenvalue weighted by molar-refractivity contribution is -0.113. The van der Waals surface area contributed by atoms with Crippen LogP contribution in [0, 0.1) is 0 Å². The Labute approximate surface area is 55.2 Å². The third kappa shape index (κ3) is 2.17. The Hall–Kier alpha value is -0.240. The lowest BCUT2D eigenvalue weighted by atomic mass is 10.2. The van der Waals surface area contributed by atoms with Crippen molar-refractivity contribution in [3.63, 3.8) is 0 Å². The van der Waals surface area contributed by atoms with Gasteiger partial charge in [0.1, 0.15) is 0 Å². The van der Waals surface area contributed by atoms with E-state index in [0.717, 1.165) is 10.5 Å². The summed E-state index contributed by atoms with van der Waals surface area (Å²) in [6.07, 6.45) is 0. The van der Waals surface area contributed by atoms with Crippen molar-refractivity contribution < 1.29 is 4.79 Å². The van der Waals surface area contributed by atoms with Gasteiger partial charge in [-0.1, -0.05) is 0 Å². The quantitative estimate of drug-likeness (QED) is 0.423. The molecule has 0 aliphatic heterocycles. The average molecular weight is 130 g/mol. The fraction of sp³-hybridized carbons (Fsp3) is 0.500. The van der Waals surface area contributed by atoms with E-state index in [0.29, 0.717) is 0 Å². The van der Waals surface area contributed by atoms with E-state index in [1.165, 1.54) is 6.92 Å². The molecule has 0 aromatic rings. The van der Waals surface area contributed by atoms with Crippen molar-refractivity contribution in [3.05, 3.63) is 10.5 Å². The number of hydrogen-bond acceptors (Lipinski definition) is 2. The van der Waals surface area contributed by atoms with Gasteiger partial charge in [-0.25, -0.2) is 0 Å². The van der Waals surface area contributed by atoms with E-state index < -0.39 is 0 Å². The van der Waals surface area contributed by atoms with Crippen LogP contribution in [0.3, 0.4) is 0 Å². The van der Waals surface area contributed by atoms with Crippen LogP contribution in [0.2, 0.25) is 0 Å². The highest BCUT2D eigenvalue weighted by atomic mass is 32.1. The number of ketones is 1. The largest absolute Gasteiger partial charge is 0.295 e. The standard InChI is InChI=1S/C6H10OS/c1-4(5(2)7)6(3)8/h8H,1-3H3. The summed E-state index contributed by atoms with van der Waals surface area (Å²) in [4.78, 5) is 11.3. The van der Waals surface area contributed by atoms with E-state index in [1.807, 2.05) is 0 Å². The number of Topliss-reactive ketones (excluding diaryl/α,β-unsaturated/α-hetero) is 1. The van der Waals surface area contributed by atoms with Gasteiger partial charge in [0.05, 0.1) is 0 Å². The van der Waals surface area contributed by atoms with Gasteiger partial charge in [0.15, 0.2) is 5.78 Å². The second-order valence-electron chi connectivity index (χ2n) is 1.77. The second-order valence-corrected chi connectivity index (χ2v) is 2.44. The zero-order chi connectivity index (χ0) is 6.73. The third-order valence-electron chi connectivity index (χ3n) is 1.07. The first-order valence-electron chi connectivity index (χ1n) is 2.43. The number of rotatable bonds is 1. The Balaban J connectivity index is 4.23. The monoisotopic (exact) mass is 130 g/mol.